The van der Waals surface area contributed by atoms with E-state index in [-0.39, 0.29) is 5.82 Å². The van der Waals surface area contributed by atoms with E-state index in [9.17, 15) is 4.39 Å². The molecule has 0 saturated heterocycles. The lowest BCUT2D eigenvalue weighted by molar-refractivity contribution is 0.414. The third-order valence-corrected chi connectivity index (χ3v) is 4.56. The van der Waals surface area contributed by atoms with Gasteiger partial charge in [0.15, 0.2) is 0 Å². The number of ether oxygens (including phenoxy) is 1. The fraction of sp³-hybridized carbons (Fsp3) is 0.136. The Hall–Kier alpha value is -3.74. The maximum absolute atomic E-state index is 13.3. The summed E-state index contributed by atoms with van der Waals surface area (Å²) in [6, 6.07) is 14.2. The Labute approximate surface area is 167 Å². The van der Waals surface area contributed by atoms with Crippen LogP contribution in [0.5, 0.6) is 5.75 Å². The predicted octanol–water partition coefficient (Wildman–Crippen LogP) is 4.84. The van der Waals surface area contributed by atoms with Gasteiger partial charge in [0.05, 0.1) is 18.0 Å². The maximum atomic E-state index is 13.3. The molecular weight excluding hydrogens is 369 g/mol. The van der Waals surface area contributed by atoms with Crippen LogP contribution in [-0.2, 0) is 6.54 Å². The number of anilines is 3. The summed E-state index contributed by atoms with van der Waals surface area (Å²) in [7, 11) is 1.64. The van der Waals surface area contributed by atoms with Crippen LogP contribution in [0.1, 0.15) is 11.1 Å². The van der Waals surface area contributed by atoms with E-state index in [0.717, 1.165) is 33.5 Å². The van der Waals surface area contributed by atoms with Crippen molar-refractivity contribution in [1.82, 2.24) is 15.0 Å². The first kappa shape index (κ1) is 18.6. The molecule has 4 rings (SSSR count). The Balaban J connectivity index is 1.53. The number of aryl methyl sites for hydroxylation is 1. The molecule has 4 aromatic rings. The molecule has 7 heteroatoms. The zero-order chi connectivity index (χ0) is 20.2. The van der Waals surface area contributed by atoms with Crippen LogP contribution in [0.15, 0.2) is 60.9 Å². The van der Waals surface area contributed by atoms with Gasteiger partial charge in [-0.2, -0.15) is 0 Å². The molecule has 146 valence electrons. The van der Waals surface area contributed by atoms with E-state index in [4.69, 9.17) is 4.74 Å². The molecule has 6 nitrogen and oxygen atoms in total. The third-order valence-electron chi connectivity index (χ3n) is 4.56. The Kier molecular flexibility index (Phi) is 5.20. The average molecular weight is 389 g/mol. The second-order valence-electron chi connectivity index (χ2n) is 6.57. The van der Waals surface area contributed by atoms with Gasteiger partial charge in [-0.15, -0.1) is 0 Å². The number of methoxy groups -OCH3 is 1. The summed E-state index contributed by atoms with van der Waals surface area (Å²) in [5, 5.41) is 7.25. The molecule has 0 saturated carbocycles. The Morgan fingerprint density at radius 1 is 1.03 bits per heavy atom. The van der Waals surface area contributed by atoms with Crippen LogP contribution >= 0.6 is 0 Å². The molecule has 2 aromatic carbocycles. The fourth-order valence-corrected chi connectivity index (χ4v) is 2.96. The number of halogens is 1. The molecule has 0 aliphatic carbocycles. The van der Waals surface area contributed by atoms with Crippen molar-refractivity contribution in [2.75, 3.05) is 17.7 Å². The molecular formula is C22H20FN5O. The number of fused-ring (bicyclic) bond motifs is 1. The van der Waals surface area contributed by atoms with E-state index < -0.39 is 0 Å². The quantitative estimate of drug-likeness (QED) is 0.492. The zero-order valence-corrected chi connectivity index (χ0v) is 16.1. The van der Waals surface area contributed by atoms with E-state index in [2.05, 4.69) is 25.6 Å². The van der Waals surface area contributed by atoms with E-state index >= 15 is 0 Å². The van der Waals surface area contributed by atoms with Gasteiger partial charge in [0.25, 0.3) is 0 Å². The van der Waals surface area contributed by atoms with Crippen molar-refractivity contribution in [3.63, 3.8) is 0 Å². The average Bonchev–Trinajstić information content (AvgIpc) is 2.74. The lowest BCUT2D eigenvalue weighted by atomic mass is 10.2. The lowest BCUT2D eigenvalue weighted by Crippen LogP contribution is -2.04. The first-order chi connectivity index (χ1) is 14.1. The second kappa shape index (κ2) is 8.10. The van der Waals surface area contributed by atoms with Gasteiger partial charge in [0, 0.05) is 24.6 Å². The van der Waals surface area contributed by atoms with Crippen LogP contribution in [0.4, 0.5) is 21.8 Å². The Morgan fingerprint density at radius 2 is 1.86 bits per heavy atom. The molecule has 0 aliphatic rings. The van der Waals surface area contributed by atoms with Crippen LogP contribution in [-0.4, -0.2) is 22.1 Å². The van der Waals surface area contributed by atoms with E-state index in [1.165, 1.54) is 12.1 Å². The fourth-order valence-electron chi connectivity index (χ4n) is 2.96. The smallest absolute Gasteiger partial charge is 0.223 e. The summed E-state index contributed by atoms with van der Waals surface area (Å²) in [5.74, 6) is 1.71. The highest BCUT2D eigenvalue weighted by Gasteiger charge is 2.08. The third kappa shape index (κ3) is 4.24. The van der Waals surface area contributed by atoms with Crippen LogP contribution in [0.2, 0.25) is 0 Å². The van der Waals surface area contributed by atoms with Crippen molar-refractivity contribution in [1.29, 1.82) is 0 Å². The van der Waals surface area contributed by atoms with Crippen LogP contribution in [0, 0.1) is 12.7 Å². The molecule has 2 aromatic heterocycles. The molecule has 0 bridgehead atoms. The minimum Gasteiger partial charge on any atom is -0.497 e. The maximum Gasteiger partial charge on any atom is 0.223 e. The standard InChI is InChI=1S/C22H20FN5O/c1-14-11-16(23)5-8-19(14)27-21-18-13-26-22(28-20(18)9-10-24-21)25-12-15-3-6-17(29-2)7-4-15/h3-11,13H,12H2,1-2H3,(H,24,27)(H,25,26,28). The second-order valence-corrected chi connectivity index (χ2v) is 6.57. The van der Waals surface area contributed by atoms with Crippen molar-refractivity contribution < 1.29 is 9.13 Å². The number of hydrogen-bond acceptors (Lipinski definition) is 6. The first-order valence-corrected chi connectivity index (χ1v) is 9.14. The van der Waals surface area contributed by atoms with E-state index in [1.807, 2.05) is 37.3 Å². The molecule has 0 radical (unpaired) electrons. The van der Waals surface area contributed by atoms with Gasteiger partial charge in [0.2, 0.25) is 5.95 Å². The number of aromatic nitrogens is 3. The van der Waals surface area contributed by atoms with Gasteiger partial charge >= 0.3 is 0 Å². The monoisotopic (exact) mass is 389 g/mol. The topological polar surface area (TPSA) is 72.0 Å². The lowest BCUT2D eigenvalue weighted by Gasteiger charge is -2.11. The number of hydrogen-bond donors (Lipinski definition) is 2. The Bertz CT molecular complexity index is 1150. The number of nitrogens with zero attached hydrogens (tertiary/aromatic N) is 3. The van der Waals surface area contributed by atoms with Gasteiger partial charge < -0.3 is 15.4 Å². The number of rotatable bonds is 6. The Morgan fingerprint density at radius 3 is 2.62 bits per heavy atom. The van der Waals surface area contributed by atoms with Crippen molar-refractivity contribution >= 4 is 28.4 Å². The molecule has 2 heterocycles. The molecule has 0 unspecified atom stereocenters. The van der Waals surface area contributed by atoms with Crippen molar-refractivity contribution in [2.24, 2.45) is 0 Å². The highest BCUT2D eigenvalue weighted by molar-refractivity contribution is 5.90. The number of benzene rings is 2. The molecule has 0 atom stereocenters. The highest BCUT2D eigenvalue weighted by Crippen LogP contribution is 2.25. The van der Waals surface area contributed by atoms with Gasteiger partial charge in [-0.1, -0.05) is 12.1 Å². The summed E-state index contributed by atoms with van der Waals surface area (Å²) >= 11 is 0. The van der Waals surface area contributed by atoms with Crippen LogP contribution in [0.3, 0.4) is 0 Å². The van der Waals surface area contributed by atoms with Gasteiger partial charge in [0.1, 0.15) is 17.4 Å². The van der Waals surface area contributed by atoms with Crippen molar-refractivity contribution in [3.8, 4) is 5.75 Å². The summed E-state index contributed by atoms with van der Waals surface area (Å²) < 4.78 is 18.5. The van der Waals surface area contributed by atoms with Crippen LogP contribution in [0.25, 0.3) is 10.9 Å². The molecule has 0 spiro atoms. The SMILES string of the molecule is COc1ccc(CNc2ncc3c(Nc4ccc(F)cc4C)nccc3n2)cc1. The summed E-state index contributed by atoms with van der Waals surface area (Å²) in [4.78, 5) is 13.4. The van der Waals surface area contributed by atoms with Crippen molar-refractivity contribution in [2.45, 2.75) is 13.5 Å². The summed E-state index contributed by atoms with van der Waals surface area (Å²) in [5.41, 5.74) is 3.43. The zero-order valence-electron chi connectivity index (χ0n) is 16.1. The van der Waals surface area contributed by atoms with E-state index in [1.54, 1.807) is 25.6 Å². The highest BCUT2D eigenvalue weighted by atomic mass is 19.1. The molecule has 0 fully saturated rings. The normalized spacial score (nSPS) is 10.7. The van der Waals surface area contributed by atoms with Gasteiger partial charge in [-0.25, -0.2) is 19.3 Å². The molecule has 0 amide bonds. The number of pyridine rings is 1. The summed E-state index contributed by atoms with van der Waals surface area (Å²) in [6.45, 7) is 2.44. The van der Waals surface area contributed by atoms with Crippen LogP contribution < -0.4 is 15.4 Å². The van der Waals surface area contributed by atoms with E-state index in [0.29, 0.717) is 18.3 Å². The molecule has 29 heavy (non-hydrogen) atoms. The molecule has 0 aliphatic heterocycles. The first-order valence-electron chi connectivity index (χ1n) is 9.14. The van der Waals surface area contributed by atoms with Gasteiger partial charge in [-0.05, 0) is 54.4 Å². The minimum atomic E-state index is -0.269. The van der Waals surface area contributed by atoms with Gasteiger partial charge in [-0.3, -0.25) is 0 Å². The summed E-state index contributed by atoms with van der Waals surface area (Å²) in [6.07, 6.45) is 3.41. The minimum absolute atomic E-state index is 0.269. The molecule has 2 N–H and O–H groups in total. The largest absolute Gasteiger partial charge is 0.497 e. The predicted molar refractivity (Wildman–Crippen MR) is 112 cm³/mol. The number of nitrogens with one attached hydrogen (secondary N) is 2. The van der Waals surface area contributed by atoms with Crippen molar-refractivity contribution in [3.05, 3.63) is 77.9 Å².